The number of nitrogens with zero attached hydrogens (tertiary/aromatic N) is 1. The van der Waals surface area contributed by atoms with Gasteiger partial charge in [-0.15, -0.1) is 0 Å². The van der Waals surface area contributed by atoms with Gasteiger partial charge >= 0.3 is 6.18 Å². The summed E-state index contributed by atoms with van der Waals surface area (Å²) in [5, 5.41) is 0. The van der Waals surface area contributed by atoms with Crippen LogP contribution in [-0.2, 0) is 6.18 Å². The van der Waals surface area contributed by atoms with Crippen molar-refractivity contribution >= 4 is 5.69 Å². The standard InChI is InChI=1S/C15H19F4N/c1-10(2)11-6-8-20(9-7-11)14-12(15(17,18)19)4-3-5-13(14)16/h3-5,10-11H,6-9H2,1-2H3. The second-order valence-electron chi connectivity index (χ2n) is 5.70. The number of hydrogen-bond donors (Lipinski definition) is 0. The van der Waals surface area contributed by atoms with Crippen LogP contribution in [0.4, 0.5) is 23.2 Å². The van der Waals surface area contributed by atoms with Crippen molar-refractivity contribution in [1.29, 1.82) is 0 Å². The maximum absolute atomic E-state index is 13.9. The van der Waals surface area contributed by atoms with Gasteiger partial charge in [-0.25, -0.2) is 4.39 Å². The second kappa shape index (κ2) is 5.62. The van der Waals surface area contributed by atoms with Gasteiger partial charge < -0.3 is 4.90 Å². The molecule has 5 heteroatoms. The molecule has 1 aromatic rings. The minimum absolute atomic E-state index is 0.290. The molecule has 1 heterocycles. The van der Waals surface area contributed by atoms with Gasteiger partial charge in [-0.05, 0) is 36.8 Å². The van der Waals surface area contributed by atoms with Crippen LogP contribution in [0.25, 0.3) is 0 Å². The lowest BCUT2D eigenvalue weighted by Gasteiger charge is -2.36. The molecule has 1 aliphatic heterocycles. The van der Waals surface area contributed by atoms with Crippen LogP contribution < -0.4 is 4.90 Å². The molecule has 1 saturated heterocycles. The first-order valence-corrected chi connectivity index (χ1v) is 6.91. The summed E-state index contributed by atoms with van der Waals surface area (Å²) < 4.78 is 52.9. The molecule has 20 heavy (non-hydrogen) atoms. The van der Waals surface area contributed by atoms with Gasteiger partial charge in [0.2, 0.25) is 0 Å². The van der Waals surface area contributed by atoms with E-state index in [2.05, 4.69) is 13.8 Å². The summed E-state index contributed by atoms with van der Waals surface area (Å²) in [7, 11) is 0. The normalized spacial score (nSPS) is 17.9. The molecule has 2 rings (SSSR count). The van der Waals surface area contributed by atoms with Gasteiger partial charge in [0.15, 0.2) is 0 Å². The van der Waals surface area contributed by atoms with Gasteiger partial charge in [0, 0.05) is 13.1 Å². The Hall–Kier alpha value is -1.26. The van der Waals surface area contributed by atoms with Crippen molar-refractivity contribution in [3.05, 3.63) is 29.6 Å². The fourth-order valence-electron chi connectivity index (χ4n) is 2.86. The minimum atomic E-state index is -4.52. The highest BCUT2D eigenvalue weighted by molar-refractivity contribution is 5.56. The van der Waals surface area contributed by atoms with Crippen molar-refractivity contribution in [2.45, 2.75) is 32.9 Å². The van der Waals surface area contributed by atoms with E-state index < -0.39 is 17.6 Å². The lowest BCUT2D eigenvalue weighted by atomic mass is 9.86. The van der Waals surface area contributed by atoms with Crippen LogP contribution in [0.2, 0.25) is 0 Å². The fourth-order valence-corrected chi connectivity index (χ4v) is 2.86. The zero-order chi connectivity index (χ0) is 14.9. The number of halogens is 4. The van der Waals surface area contributed by atoms with E-state index in [1.165, 1.54) is 4.90 Å². The van der Waals surface area contributed by atoms with E-state index in [1.807, 2.05) is 0 Å². The molecule has 1 aromatic carbocycles. The zero-order valence-corrected chi connectivity index (χ0v) is 11.7. The largest absolute Gasteiger partial charge is 0.418 e. The maximum atomic E-state index is 13.9. The number of alkyl halides is 3. The van der Waals surface area contributed by atoms with Crippen LogP contribution in [-0.4, -0.2) is 13.1 Å². The van der Waals surface area contributed by atoms with Crippen molar-refractivity contribution in [1.82, 2.24) is 0 Å². The van der Waals surface area contributed by atoms with Crippen LogP contribution in [0.15, 0.2) is 18.2 Å². The van der Waals surface area contributed by atoms with Crippen LogP contribution in [0.1, 0.15) is 32.3 Å². The summed E-state index contributed by atoms with van der Waals surface area (Å²) >= 11 is 0. The van der Waals surface area contributed by atoms with Crippen LogP contribution >= 0.6 is 0 Å². The first kappa shape index (κ1) is 15.1. The predicted octanol–water partition coefficient (Wildman–Crippen LogP) is 4.72. The molecule has 0 aliphatic carbocycles. The van der Waals surface area contributed by atoms with Crippen molar-refractivity contribution < 1.29 is 17.6 Å². The van der Waals surface area contributed by atoms with E-state index >= 15 is 0 Å². The number of piperidine rings is 1. The SMILES string of the molecule is CC(C)C1CCN(c2c(F)cccc2C(F)(F)F)CC1. The number of anilines is 1. The molecule has 1 nitrogen and oxygen atoms in total. The first-order chi connectivity index (χ1) is 9.30. The van der Waals surface area contributed by atoms with Crippen LogP contribution in [0.5, 0.6) is 0 Å². The maximum Gasteiger partial charge on any atom is 0.418 e. The lowest BCUT2D eigenvalue weighted by molar-refractivity contribution is -0.137. The molecule has 0 saturated carbocycles. The van der Waals surface area contributed by atoms with E-state index in [0.717, 1.165) is 31.0 Å². The average molecular weight is 289 g/mol. The molecule has 0 amide bonds. The molecular formula is C15H19F4N. The zero-order valence-electron chi connectivity index (χ0n) is 11.7. The van der Waals surface area contributed by atoms with Crippen LogP contribution in [0, 0.1) is 17.7 Å². The van der Waals surface area contributed by atoms with Crippen molar-refractivity contribution in [3.8, 4) is 0 Å². The third-order valence-electron chi connectivity index (χ3n) is 4.09. The Bertz CT molecular complexity index is 459. The second-order valence-corrected chi connectivity index (χ2v) is 5.70. The van der Waals surface area contributed by atoms with E-state index in [1.54, 1.807) is 0 Å². The number of para-hydroxylation sites is 1. The first-order valence-electron chi connectivity index (χ1n) is 6.91. The van der Waals surface area contributed by atoms with Gasteiger partial charge in [0.25, 0.3) is 0 Å². The molecule has 0 unspecified atom stereocenters. The molecule has 1 aliphatic rings. The summed E-state index contributed by atoms with van der Waals surface area (Å²) in [5.74, 6) is 0.232. The Morgan fingerprint density at radius 3 is 2.25 bits per heavy atom. The van der Waals surface area contributed by atoms with Gasteiger partial charge in [-0.2, -0.15) is 13.2 Å². The van der Waals surface area contributed by atoms with Crippen molar-refractivity contribution in [2.24, 2.45) is 11.8 Å². The molecule has 0 radical (unpaired) electrons. The van der Waals surface area contributed by atoms with Gasteiger partial charge in [0.05, 0.1) is 11.3 Å². The van der Waals surface area contributed by atoms with E-state index in [0.29, 0.717) is 24.9 Å². The Labute approximate surface area is 116 Å². The quantitative estimate of drug-likeness (QED) is 0.712. The van der Waals surface area contributed by atoms with Crippen molar-refractivity contribution in [3.63, 3.8) is 0 Å². The monoisotopic (exact) mass is 289 g/mol. The topological polar surface area (TPSA) is 3.24 Å². The molecule has 0 atom stereocenters. The van der Waals surface area contributed by atoms with E-state index in [9.17, 15) is 17.6 Å². The predicted molar refractivity (Wildman–Crippen MR) is 71.2 cm³/mol. The molecule has 0 bridgehead atoms. The summed E-state index contributed by atoms with van der Waals surface area (Å²) in [6.07, 6.45) is -2.90. The Kier molecular flexibility index (Phi) is 4.25. The summed E-state index contributed by atoms with van der Waals surface area (Å²) in [6.45, 7) is 5.19. The highest BCUT2D eigenvalue weighted by Crippen LogP contribution is 2.39. The summed E-state index contributed by atoms with van der Waals surface area (Å²) in [5.41, 5.74) is -1.16. The minimum Gasteiger partial charge on any atom is -0.369 e. The average Bonchev–Trinajstić information content (AvgIpc) is 2.37. The van der Waals surface area contributed by atoms with Crippen LogP contribution in [0.3, 0.4) is 0 Å². The van der Waals surface area contributed by atoms with Gasteiger partial charge in [0.1, 0.15) is 5.82 Å². The van der Waals surface area contributed by atoms with Gasteiger partial charge in [-0.1, -0.05) is 19.9 Å². The third kappa shape index (κ3) is 3.07. The van der Waals surface area contributed by atoms with Crippen molar-refractivity contribution in [2.75, 3.05) is 18.0 Å². The van der Waals surface area contributed by atoms with E-state index in [-0.39, 0.29) is 5.69 Å². The highest BCUT2D eigenvalue weighted by atomic mass is 19.4. The lowest BCUT2D eigenvalue weighted by Crippen LogP contribution is -2.37. The fraction of sp³-hybridized carbons (Fsp3) is 0.600. The molecule has 1 fully saturated rings. The molecule has 0 aromatic heterocycles. The Morgan fingerprint density at radius 1 is 1.15 bits per heavy atom. The molecule has 112 valence electrons. The third-order valence-corrected chi connectivity index (χ3v) is 4.09. The van der Waals surface area contributed by atoms with E-state index in [4.69, 9.17) is 0 Å². The molecule has 0 N–H and O–H groups in total. The summed E-state index contributed by atoms with van der Waals surface area (Å²) in [4.78, 5) is 1.54. The smallest absolute Gasteiger partial charge is 0.369 e. The number of benzene rings is 1. The summed E-state index contributed by atoms with van der Waals surface area (Å²) in [6, 6.07) is 3.16. The Balaban J connectivity index is 2.26. The van der Waals surface area contributed by atoms with Gasteiger partial charge in [-0.3, -0.25) is 0 Å². The Morgan fingerprint density at radius 2 is 1.75 bits per heavy atom. The number of hydrogen-bond acceptors (Lipinski definition) is 1. The molecular weight excluding hydrogens is 270 g/mol. The number of rotatable bonds is 2. The highest BCUT2D eigenvalue weighted by Gasteiger charge is 2.37. The molecule has 0 spiro atoms.